The van der Waals surface area contributed by atoms with Crippen molar-refractivity contribution in [3.63, 3.8) is 0 Å². The zero-order valence-corrected chi connectivity index (χ0v) is 14.1. The Morgan fingerprint density at radius 2 is 2.17 bits per heavy atom. The molecule has 2 amide bonds. The second kappa shape index (κ2) is 6.29. The largest absolute Gasteiger partial charge is 0.394 e. The minimum Gasteiger partial charge on any atom is -0.394 e. The molecule has 0 bridgehead atoms. The number of urea groups is 1. The number of aliphatic hydroxyl groups is 1. The molecule has 1 aromatic carbocycles. The van der Waals surface area contributed by atoms with E-state index in [0.29, 0.717) is 11.0 Å². The van der Waals surface area contributed by atoms with Gasteiger partial charge in [0.25, 0.3) is 0 Å². The zero-order chi connectivity index (χ0) is 16.4. The number of anilines is 1. The lowest BCUT2D eigenvalue weighted by Crippen LogP contribution is -2.52. The Morgan fingerprint density at radius 1 is 1.43 bits per heavy atom. The van der Waals surface area contributed by atoms with Gasteiger partial charge in [0.1, 0.15) is 0 Å². The number of hydrogen-bond donors (Lipinski definition) is 3. The van der Waals surface area contributed by atoms with Crippen LogP contribution in [-0.2, 0) is 0 Å². The molecule has 1 aliphatic rings. The van der Waals surface area contributed by atoms with E-state index in [0.717, 1.165) is 23.3 Å². The molecule has 1 aliphatic carbocycles. The smallest absolute Gasteiger partial charge is 0.321 e. The summed E-state index contributed by atoms with van der Waals surface area (Å²) in [6.45, 7) is 3.87. The quantitative estimate of drug-likeness (QED) is 0.786. The van der Waals surface area contributed by atoms with Crippen LogP contribution in [0.25, 0.3) is 10.4 Å². The van der Waals surface area contributed by atoms with Crippen LogP contribution in [-0.4, -0.2) is 28.3 Å². The number of carbonyl (C=O) groups is 1. The minimum atomic E-state index is -0.555. The van der Waals surface area contributed by atoms with Crippen molar-refractivity contribution in [3.05, 3.63) is 36.0 Å². The topological polar surface area (TPSA) is 74.2 Å². The highest BCUT2D eigenvalue weighted by Gasteiger charge is 2.42. The Hall–Kier alpha value is -1.92. The molecule has 0 spiro atoms. The van der Waals surface area contributed by atoms with Crippen molar-refractivity contribution in [1.29, 1.82) is 0 Å². The van der Waals surface area contributed by atoms with Gasteiger partial charge in [0.05, 0.1) is 17.0 Å². The van der Waals surface area contributed by atoms with Gasteiger partial charge in [-0.1, -0.05) is 35.6 Å². The predicted octanol–water partition coefficient (Wildman–Crippen LogP) is 3.40. The van der Waals surface area contributed by atoms with Gasteiger partial charge in [0.15, 0.2) is 5.13 Å². The van der Waals surface area contributed by atoms with E-state index in [4.69, 9.17) is 0 Å². The highest BCUT2D eigenvalue weighted by Crippen LogP contribution is 2.39. The summed E-state index contributed by atoms with van der Waals surface area (Å²) >= 11 is 1.44. The third-order valence-electron chi connectivity index (χ3n) is 4.34. The van der Waals surface area contributed by atoms with Gasteiger partial charge in [-0.3, -0.25) is 5.32 Å². The molecule has 1 heterocycles. The Morgan fingerprint density at radius 3 is 2.83 bits per heavy atom. The van der Waals surface area contributed by atoms with Crippen LogP contribution in [0.1, 0.15) is 25.3 Å². The van der Waals surface area contributed by atoms with Crippen molar-refractivity contribution in [3.8, 4) is 10.4 Å². The third-order valence-corrected chi connectivity index (χ3v) is 5.29. The number of aromatic nitrogens is 1. The number of nitrogens with one attached hydrogen (secondary N) is 2. The van der Waals surface area contributed by atoms with Crippen LogP contribution in [0.3, 0.4) is 0 Å². The van der Waals surface area contributed by atoms with E-state index in [-0.39, 0.29) is 12.6 Å². The number of aliphatic hydroxyl groups excluding tert-OH is 1. The molecule has 1 fully saturated rings. The molecule has 0 aliphatic heterocycles. The Bertz CT molecular complexity index is 711. The molecule has 3 rings (SSSR count). The molecule has 0 radical (unpaired) electrons. The minimum absolute atomic E-state index is 0.0581. The van der Waals surface area contributed by atoms with E-state index in [1.165, 1.54) is 16.9 Å². The first-order chi connectivity index (χ1) is 11.0. The standard InChI is InChI=1S/C17H21N3O2S/c1-11-5-3-4-6-13(11)14-9-18-16(23-14)19-15(22)20-17(2,10-21)12-7-8-12/h3-6,9,12,21H,7-8,10H2,1-2H3,(H2,18,19,20,22). The van der Waals surface area contributed by atoms with Crippen molar-refractivity contribution < 1.29 is 9.90 Å². The first-order valence-corrected chi connectivity index (χ1v) is 8.55. The molecule has 1 saturated carbocycles. The molecule has 23 heavy (non-hydrogen) atoms. The number of carbonyl (C=O) groups excluding carboxylic acids is 1. The number of rotatable bonds is 5. The first kappa shape index (κ1) is 16.0. The highest BCUT2D eigenvalue weighted by molar-refractivity contribution is 7.19. The van der Waals surface area contributed by atoms with E-state index in [2.05, 4.69) is 28.6 Å². The van der Waals surface area contributed by atoms with Gasteiger partial charge < -0.3 is 10.4 Å². The molecule has 3 N–H and O–H groups in total. The molecular weight excluding hydrogens is 310 g/mol. The van der Waals surface area contributed by atoms with E-state index in [9.17, 15) is 9.90 Å². The van der Waals surface area contributed by atoms with E-state index in [1.807, 2.05) is 25.1 Å². The molecule has 122 valence electrons. The fraction of sp³-hybridized carbons (Fsp3) is 0.412. The van der Waals surface area contributed by atoms with E-state index < -0.39 is 5.54 Å². The Labute approximate surface area is 139 Å². The van der Waals surface area contributed by atoms with Gasteiger partial charge >= 0.3 is 6.03 Å². The molecule has 1 aromatic heterocycles. The monoisotopic (exact) mass is 331 g/mol. The van der Waals surface area contributed by atoms with Crippen LogP contribution in [0.2, 0.25) is 0 Å². The van der Waals surface area contributed by atoms with Gasteiger partial charge in [-0.25, -0.2) is 9.78 Å². The summed E-state index contributed by atoms with van der Waals surface area (Å²) in [6.07, 6.45) is 3.87. The number of aryl methyl sites for hydroxylation is 1. The number of benzene rings is 1. The fourth-order valence-electron chi connectivity index (χ4n) is 2.68. The highest BCUT2D eigenvalue weighted by atomic mass is 32.1. The lowest BCUT2D eigenvalue weighted by molar-refractivity contribution is 0.159. The third kappa shape index (κ3) is 3.54. The SMILES string of the molecule is Cc1ccccc1-c1cnc(NC(=O)NC(C)(CO)C2CC2)s1. The van der Waals surface area contributed by atoms with Crippen molar-refractivity contribution >= 4 is 22.5 Å². The van der Waals surface area contributed by atoms with E-state index in [1.54, 1.807) is 6.20 Å². The van der Waals surface area contributed by atoms with Crippen LogP contribution in [0.15, 0.2) is 30.5 Å². The van der Waals surface area contributed by atoms with Gasteiger partial charge in [-0.2, -0.15) is 0 Å². The molecule has 5 nitrogen and oxygen atoms in total. The maximum absolute atomic E-state index is 12.2. The maximum Gasteiger partial charge on any atom is 0.321 e. The number of amides is 2. The molecule has 0 saturated heterocycles. The lowest BCUT2D eigenvalue weighted by Gasteiger charge is -2.28. The maximum atomic E-state index is 12.2. The van der Waals surface area contributed by atoms with Gasteiger partial charge in [0.2, 0.25) is 0 Å². The van der Waals surface area contributed by atoms with Gasteiger partial charge in [-0.05, 0) is 43.7 Å². The van der Waals surface area contributed by atoms with Crippen molar-refractivity contribution in [2.45, 2.75) is 32.2 Å². The summed E-state index contributed by atoms with van der Waals surface area (Å²) < 4.78 is 0. The average molecular weight is 331 g/mol. The second-order valence-corrected chi connectivity index (χ2v) is 7.30. The summed E-state index contributed by atoms with van der Waals surface area (Å²) in [5.41, 5.74) is 1.74. The molecule has 6 heteroatoms. The Balaban J connectivity index is 1.67. The van der Waals surface area contributed by atoms with Crippen LogP contribution in [0.4, 0.5) is 9.93 Å². The normalized spacial score (nSPS) is 16.7. The lowest BCUT2D eigenvalue weighted by atomic mass is 9.97. The summed E-state index contributed by atoms with van der Waals surface area (Å²) in [6, 6.07) is 7.77. The van der Waals surface area contributed by atoms with Crippen LogP contribution in [0.5, 0.6) is 0 Å². The van der Waals surface area contributed by atoms with Crippen molar-refractivity contribution in [2.75, 3.05) is 11.9 Å². The molecule has 1 atom stereocenters. The van der Waals surface area contributed by atoms with Gasteiger partial charge in [-0.15, -0.1) is 0 Å². The Kier molecular flexibility index (Phi) is 4.37. The molecule has 1 unspecified atom stereocenters. The van der Waals surface area contributed by atoms with Gasteiger partial charge in [0, 0.05) is 6.20 Å². The number of nitrogens with zero attached hydrogens (tertiary/aromatic N) is 1. The molecular formula is C17H21N3O2S. The predicted molar refractivity (Wildman–Crippen MR) is 92.7 cm³/mol. The van der Waals surface area contributed by atoms with Crippen LogP contribution >= 0.6 is 11.3 Å². The second-order valence-electron chi connectivity index (χ2n) is 6.27. The van der Waals surface area contributed by atoms with Crippen LogP contribution < -0.4 is 10.6 Å². The number of hydrogen-bond acceptors (Lipinski definition) is 4. The fourth-order valence-corrected chi connectivity index (χ4v) is 3.59. The summed E-state index contributed by atoms with van der Waals surface area (Å²) in [5, 5.41) is 15.7. The summed E-state index contributed by atoms with van der Waals surface area (Å²) in [5.74, 6) is 0.358. The average Bonchev–Trinajstić information content (AvgIpc) is 3.29. The summed E-state index contributed by atoms with van der Waals surface area (Å²) in [4.78, 5) is 17.5. The summed E-state index contributed by atoms with van der Waals surface area (Å²) in [7, 11) is 0. The van der Waals surface area contributed by atoms with Crippen molar-refractivity contribution in [1.82, 2.24) is 10.3 Å². The number of thiazole rings is 1. The zero-order valence-electron chi connectivity index (χ0n) is 13.3. The van der Waals surface area contributed by atoms with Crippen molar-refractivity contribution in [2.24, 2.45) is 5.92 Å². The first-order valence-electron chi connectivity index (χ1n) is 7.74. The molecule has 2 aromatic rings. The van der Waals surface area contributed by atoms with Crippen LogP contribution in [0, 0.1) is 12.8 Å². The van der Waals surface area contributed by atoms with E-state index >= 15 is 0 Å².